The topological polar surface area (TPSA) is 89.2 Å². The maximum Gasteiger partial charge on any atom is 0.318 e. The first kappa shape index (κ1) is 21.8. The molecule has 0 spiro atoms. The van der Waals surface area contributed by atoms with Crippen molar-refractivity contribution < 1.29 is 4.79 Å². The number of aryl methyl sites for hydroxylation is 1. The summed E-state index contributed by atoms with van der Waals surface area (Å²) < 4.78 is 2.79. The minimum atomic E-state index is -0.593. The third-order valence-corrected chi connectivity index (χ3v) is 6.15. The summed E-state index contributed by atoms with van der Waals surface area (Å²) in [7, 11) is 1.55. The highest BCUT2D eigenvalue weighted by Crippen LogP contribution is 2.26. The zero-order chi connectivity index (χ0) is 19.8. The fourth-order valence-electron chi connectivity index (χ4n) is 4.32. The van der Waals surface area contributed by atoms with Gasteiger partial charge in [0.1, 0.15) is 0 Å². The molecular weight excluding hydrogens is 417 g/mol. The third-order valence-electron chi connectivity index (χ3n) is 5.94. The van der Waals surface area contributed by atoms with Crippen molar-refractivity contribution in [1.29, 1.82) is 0 Å². The molecule has 2 fully saturated rings. The van der Waals surface area contributed by atoms with E-state index in [9.17, 15) is 14.4 Å². The van der Waals surface area contributed by atoms with E-state index in [1.54, 1.807) is 13.1 Å². The first-order valence-corrected chi connectivity index (χ1v) is 10.1. The first-order chi connectivity index (χ1) is 13.5. The van der Waals surface area contributed by atoms with Crippen molar-refractivity contribution in [1.82, 2.24) is 24.3 Å². The second-order valence-electron chi connectivity index (χ2n) is 7.62. The Balaban J connectivity index is 0.00000240. The van der Waals surface area contributed by atoms with Crippen LogP contribution in [0.3, 0.4) is 0 Å². The zero-order valence-corrected chi connectivity index (χ0v) is 17.8. The molecule has 29 heavy (non-hydrogen) atoms. The van der Waals surface area contributed by atoms with Gasteiger partial charge in [-0.25, -0.2) is 4.98 Å². The summed E-state index contributed by atoms with van der Waals surface area (Å²) in [4.78, 5) is 44.1. The van der Waals surface area contributed by atoms with Crippen molar-refractivity contribution in [3.05, 3.63) is 38.0 Å². The average molecular weight is 442 g/mol. The van der Waals surface area contributed by atoms with E-state index in [0.717, 1.165) is 25.9 Å². The van der Waals surface area contributed by atoms with Gasteiger partial charge in [-0.2, -0.15) is 0 Å². The summed E-state index contributed by atoms with van der Waals surface area (Å²) in [6.07, 6.45) is 4.50. The predicted molar refractivity (Wildman–Crippen MR) is 114 cm³/mol. The molecule has 2 saturated heterocycles. The van der Waals surface area contributed by atoms with E-state index in [1.165, 1.54) is 15.3 Å². The van der Waals surface area contributed by atoms with Crippen LogP contribution in [0.5, 0.6) is 0 Å². The summed E-state index contributed by atoms with van der Waals surface area (Å²) in [5.74, 6) is 0.306. The number of carbonyl (C=O) groups excluding carboxylic acids is 1. The van der Waals surface area contributed by atoms with Gasteiger partial charge in [-0.3, -0.25) is 19.0 Å². The maximum atomic E-state index is 12.8. The summed E-state index contributed by atoms with van der Waals surface area (Å²) in [6.45, 7) is 2.94. The van der Waals surface area contributed by atoms with Crippen molar-refractivity contribution >= 4 is 41.1 Å². The van der Waals surface area contributed by atoms with E-state index in [0.29, 0.717) is 42.1 Å². The molecule has 8 nitrogen and oxygen atoms in total. The molecule has 0 unspecified atom stereocenters. The predicted octanol–water partition coefficient (Wildman–Crippen LogP) is 1.33. The summed E-state index contributed by atoms with van der Waals surface area (Å²) >= 11 is 6.03. The number of hydrogen-bond donors (Lipinski definition) is 1. The number of pyridine rings is 1. The largest absolute Gasteiger partial charge is 0.342 e. The van der Waals surface area contributed by atoms with Crippen LogP contribution in [-0.2, 0) is 11.8 Å². The van der Waals surface area contributed by atoms with Gasteiger partial charge in [0, 0.05) is 38.3 Å². The number of halogens is 2. The Morgan fingerprint density at radius 1 is 1.14 bits per heavy atom. The number of nitrogens with one attached hydrogen (secondary N) is 1. The smallest absolute Gasteiger partial charge is 0.318 e. The lowest BCUT2D eigenvalue weighted by atomic mass is 9.95. The molecule has 0 aliphatic carbocycles. The van der Waals surface area contributed by atoms with Gasteiger partial charge in [-0.05, 0) is 44.8 Å². The van der Waals surface area contributed by atoms with Crippen LogP contribution >= 0.6 is 24.0 Å². The van der Waals surface area contributed by atoms with E-state index in [4.69, 9.17) is 11.6 Å². The van der Waals surface area contributed by atoms with Crippen molar-refractivity contribution in [2.75, 3.05) is 26.2 Å². The highest BCUT2D eigenvalue weighted by atomic mass is 35.5. The van der Waals surface area contributed by atoms with Gasteiger partial charge >= 0.3 is 11.1 Å². The molecule has 4 heterocycles. The Bertz CT molecular complexity index is 1020. The van der Waals surface area contributed by atoms with Crippen LogP contribution in [0.1, 0.15) is 31.7 Å². The number of amides is 1. The van der Waals surface area contributed by atoms with Crippen LogP contribution in [0.4, 0.5) is 0 Å². The molecule has 2 aromatic heterocycles. The van der Waals surface area contributed by atoms with E-state index < -0.39 is 11.1 Å². The molecule has 4 rings (SSSR count). The van der Waals surface area contributed by atoms with Crippen molar-refractivity contribution in [3.63, 3.8) is 0 Å². The molecule has 0 saturated carbocycles. The molecule has 10 heteroatoms. The second kappa shape index (κ2) is 8.85. The fourth-order valence-corrected chi connectivity index (χ4v) is 4.47. The Morgan fingerprint density at radius 3 is 2.45 bits per heavy atom. The zero-order valence-electron chi connectivity index (χ0n) is 16.3. The van der Waals surface area contributed by atoms with Gasteiger partial charge in [0.05, 0.1) is 10.5 Å². The molecule has 0 bridgehead atoms. The number of hydrogen-bond acceptors (Lipinski definition) is 5. The third kappa shape index (κ3) is 4.06. The molecule has 1 amide bonds. The van der Waals surface area contributed by atoms with Crippen LogP contribution in [0.25, 0.3) is 11.2 Å². The van der Waals surface area contributed by atoms with E-state index in [2.05, 4.69) is 10.3 Å². The summed E-state index contributed by atoms with van der Waals surface area (Å²) in [5.41, 5.74) is -0.178. The van der Waals surface area contributed by atoms with Gasteiger partial charge in [-0.15, -0.1) is 12.4 Å². The Morgan fingerprint density at radius 2 is 1.79 bits per heavy atom. The van der Waals surface area contributed by atoms with Crippen LogP contribution in [0.2, 0.25) is 5.02 Å². The SMILES string of the molecule is Cl.Cn1c(=O)c(=O)n(C2CCN(C(=O)C3CCNCC3)CC2)c2ncc(Cl)cc21. The Kier molecular flexibility index (Phi) is 6.65. The van der Waals surface area contributed by atoms with E-state index in [1.807, 2.05) is 4.90 Å². The minimum Gasteiger partial charge on any atom is -0.342 e. The van der Waals surface area contributed by atoms with Gasteiger partial charge in [-0.1, -0.05) is 11.6 Å². The van der Waals surface area contributed by atoms with Crippen molar-refractivity contribution in [2.45, 2.75) is 31.7 Å². The van der Waals surface area contributed by atoms with Crippen LogP contribution in [0.15, 0.2) is 21.9 Å². The maximum absolute atomic E-state index is 12.8. The molecule has 0 radical (unpaired) electrons. The number of fused-ring (bicyclic) bond motifs is 1. The first-order valence-electron chi connectivity index (χ1n) is 9.73. The van der Waals surface area contributed by atoms with Crippen LogP contribution in [0, 0.1) is 5.92 Å². The molecule has 2 aliphatic rings. The number of nitrogens with zero attached hydrogens (tertiary/aromatic N) is 4. The van der Waals surface area contributed by atoms with Crippen LogP contribution < -0.4 is 16.4 Å². The fraction of sp³-hybridized carbons (Fsp3) is 0.579. The highest BCUT2D eigenvalue weighted by molar-refractivity contribution is 6.31. The van der Waals surface area contributed by atoms with Gasteiger partial charge in [0.2, 0.25) is 5.91 Å². The van der Waals surface area contributed by atoms with Gasteiger partial charge < -0.3 is 14.8 Å². The quantitative estimate of drug-likeness (QED) is 0.710. The molecule has 2 aromatic rings. The molecule has 2 aliphatic heterocycles. The standard InChI is InChI=1S/C19H24ClN5O3.ClH/c1-23-15-10-13(20)11-22-16(15)25(19(28)18(23)27)14-4-8-24(9-5-14)17(26)12-2-6-21-7-3-12;/h10-12,14,21H,2-9H2,1H3;1H. The number of likely N-dealkylation sites (tertiary alicyclic amines) is 1. The lowest BCUT2D eigenvalue weighted by molar-refractivity contribution is -0.137. The van der Waals surface area contributed by atoms with Crippen molar-refractivity contribution in [2.24, 2.45) is 13.0 Å². The summed E-state index contributed by atoms with van der Waals surface area (Å²) in [5, 5.41) is 3.69. The Hall–Kier alpha value is -1.90. The highest BCUT2D eigenvalue weighted by Gasteiger charge is 2.31. The molecule has 158 valence electrons. The Labute approximate surface area is 179 Å². The molecule has 0 atom stereocenters. The number of aromatic nitrogens is 3. The molecule has 0 aromatic carbocycles. The normalized spacial score (nSPS) is 18.6. The van der Waals surface area contributed by atoms with Crippen molar-refractivity contribution in [3.8, 4) is 0 Å². The minimum absolute atomic E-state index is 0. The number of rotatable bonds is 2. The molecular formula is C19H25Cl2N5O3. The lowest BCUT2D eigenvalue weighted by Gasteiger charge is -2.36. The van der Waals surface area contributed by atoms with Gasteiger partial charge in [0.15, 0.2) is 5.65 Å². The van der Waals surface area contributed by atoms with Crippen LogP contribution in [-0.4, -0.2) is 51.1 Å². The molecule has 1 N–H and O–H groups in total. The number of carbonyl (C=O) groups is 1. The van der Waals surface area contributed by atoms with Gasteiger partial charge in [0.25, 0.3) is 0 Å². The average Bonchev–Trinajstić information content (AvgIpc) is 2.73. The lowest BCUT2D eigenvalue weighted by Crippen LogP contribution is -2.48. The van der Waals surface area contributed by atoms with E-state index >= 15 is 0 Å². The second-order valence-corrected chi connectivity index (χ2v) is 8.05. The monoisotopic (exact) mass is 441 g/mol. The number of piperidine rings is 2. The summed E-state index contributed by atoms with van der Waals surface area (Å²) in [6, 6.07) is 1.49. The van der Waals surface area contributed by atoms with E-state index in [-0.39, 0.29) is 30.3 Å².